The van der Waals surface area contributed by atoms with Gasteiger partial charge in [-0.15, -0.1) is 0 Å². The molecule has 0 amide bonds. The van der Waals surface area contributed by atoms with Crippen LogP contribution in [-0.2, 0) is 9.84 Å². The zero-order chi connectivity index (χ0) is 12.7. The zero-order valence-electron chi connectivity index (χ0n) is 11.1. The number of hydrogen-bond donors (Lipinski definition) is 1. The third-order valence-corrected chi connectivity index (χ3v) is 5.25. The van der Waals surface area contributed by atoms with Crippen LogP contribution in [0.25, 0.3) is 0 Å². The Bertz CT molecular complexity index is 304. The highest BCUT2D eigenvalue weighted by Crippen LogP contribution is 2.15. The summed E-state index contributed by atoms with van der Waals surface area (Å²) in [7, 11) is -2.82. The summed E-state index contributed by atoms with van der Waals surface area (Å²) in [5, 5.41) is 3.29. The molecular formula is C12H26N2O2S. The number of nitrogens with zero attached hydrogens (tertiary/aromatic N) is 1. The standard InChI is InChI=1S/C12H26N2O2S/c1-3-9-17(15,16)10-7-13-11-12-6-5-8-14(12)4-2/h12-13H,3-11H2,1-2H3. The van der Waals surface area contributed by atoms with E-state index in [0.717, 1.165) is 13.1 Å². The summed E-state index contributed by atoms with van der Waals surface area (Å²) >= 11 is 0. The summed E-state index contributed by atoms with van der Waals surface area (Å²) in [4.78, 5) is 2.47. The normalized spacial score (nSPS) is 22.1. The SMILES string of the molecule is CCCS(=O)(=O)CCNCC1CCCN1CC. The molecule has 1 heterocycles. The van der Waals surface area contributed by atoms with Gasteiger partial charge in [-0.25, -0.2) is 8.42 Å². The molecule has 1 fully saturated rings. The number of hydrogen-bond acceptors (Lipinski definition) is 4. The van der Waals surface area contributed by atoms with Gasteiger partial charge in [-0.1, -0.05) is 13.8 Å². The number of likely N-dealkylation sites (N-methyl/N-ethyl adjacent to an activating group) is 1. The van der Waals surface area contributed by atoms with E-state index < -0.39 is 9.84 Å². The molecular weight excluding hydrogens is 236 g/mol. The van der Waals surface area contributed by atoms with Gasteiger partial charge in [0.05, 0.1) is 5.75 Å². The van der Waals surface area contributed by atoms with Crippen molar-refractivity contribution in [2.75, 3.05) is 37.7 Å². The molecule has 0 aromatic carbocycles. The number of nitrogens with one attached hydrogen (secondary N) is 1. The van der Waals surface area contributed by atoms with Crippen molar-refractivity contribution in [3.63, 3.8) is 0 Å². The maximum absolute atomic E-state index is 11.5. The Morgan fingerprint density at radius 2 is 2.06 bits per heavy atom. The first-order valence-corrected chi connectivity index (χ1v) is 8.56. The lowest BCUT2D eigenvalue weighted by Crippen LogP contribution is -2.39. The summed E-state index contributed by atoms with van der Waals surface area (Å²) in [6.45, 7) is 7.90. The fraction of sp³-hybridized carbons (Fsp3) is 1.00. The molecule has 0 aromatic heterocycles. The van der Waals surface area contributed by atoms with Crippen molar-refractivity contribution < 1.29 is 8.42 Å². The van der Waals surface area contributed by atoms with Gasteiger partial charge >= 0.3 is 0 Å². The average molecular weight is 262 g/mol. The molecule has 1 saturated heterocycles. The van der Waals surface area contributed by atoms with E-state index in [-0.39, 0.29) is 5.75 Å². The van der Waals surface area contributed by atoms with Crippen LogP contribution in [0.15, 0.2) is 0 Å². The second-order valence-corrected chi connectivity index (χ2v) is 7.08. The molecule has 1 aliphatic heterocycles. The van der Waals surface area contributed by atoms with Crippen molar-refractivity contribution in [2.45, 2.75) is 39.2 Å². The minimum absolute atomic E-state index is 0.277. The molecule has 1 aliphatic rings. The Hall–Kier alpha value is -0.130. The van der Waals surface area contributed by atoms with Crippen LogP contribution in [-0.4, -0.2) is 57.0 Å². The summed E-state index contributed by atoms with van der Waals surface area (Å²) < 4.78 is 23.0. The van der Waals surface area contributed by atoms with E-state index in [1.165, 1.54) is 19.4 Å². The maximum atomic E-state index is 11.5. The molecule has 0 radical (unpaired) electrons. The minimum Gasteiger partial charge on any atom is -0.314 e. The van der Waals surface area contributed by atoms with E-state index in [0.29, 0.717) is 24.8 Å². The third-order valence-electron chi connectivity index (χ3n) is 3.39. The van der Waals surface area contributed by atoms with Crippen LogP contribution in [0.3, 0.4) is 0 Å². The van der Waals surface area contributed by atoms with E-state index in [1.54, 1.807) is 0 Å². The van der Waals surface area contributed by atoms with E-state index >= 15 is 0 Å². The molecule has 1 rings (SSSR count). The van der Waals surface area contributed by atoms with Gasteiger partial charge in [0.25, 0.3) is 0 Å². The highest BCUT2D eigenvalue weighted by atomic mass is 32.2. The van der Waals surface area contributed by atoms with E-state index in [4.69, 9.17) is 0 Å². The van der Waals surface area contributed by atoms with Gasteiger partial charge in [0.2, 0.25) is 0 Å². The van der Waals surface area contributed by atoms with Crippen molar-refractivity contribution >= 4 is 9.84 Å². The van der Waals surface area contributed by atoms with E-state index in [1.807, 2.05) is 6.92 Å². The van der Waals surface area contributed by atoms with Gasteiger partial charge in [-0.05, 0) is 32.4 Å². The highest BCUT2D eigenvalue weighted by Gasteiger charge is 2.22. The molecule has 4 nitrogen and oxygen atoms in total. The predicted octanol–water partition coefficient (Wildman–Crippen LogP) is 0.885. The summed E-state index contributed by atoms with van der Waals surface area (Å²) in [6.07, 6.45) is 3.23. The van der Waals surface area contributed by atoms with Crippen molar-refractivity contribution in [1.82, 2.24) is 10.2 Å². The van der Waals surface area contributed by atoms with Crippen LogP contribution >= 0.6 is 0 Å². The molecule has 1 N–H and O–H groups in total. The Morgan fingerprint density at radius 3 is 2.71 bits per heavy atom. The van der Waals surface area contributed by atoms with Gasteiger partial charge in [-0.2, -0.15) is 0 Å². The lowest BCUT2D eigenvalue weighted by atomic mass is 10.2. The Balaban J connectivity index is 2.16. The largest absolute Gasteiger partial charge is 0.314 e. The average Bonchev–Trinajstić information content (AvgIpc) is 2.71. The summed E-state index contributed by atoms with van der Waals surface area (Å²) in [5.41, 5.74) is 0. The van der Waals surface area contributed by atoms with Crippen molar-refractivity contribution in [3.8, 4) is 0 Å². The van der Waals surface area contributed by atoms with Crippen LogP contribution < -0.4 is 5.32 Å². The molecule has 0 saturated carbocycles. The molecule has 0 bridgehead atoms. The summed E-state index contributed by atoms with van der Waals surface area (Å²) in [5.74, 6) is 0.596. The van der Waals surface area contributed by atoms with Crippen molar-refractivity contribution in [1.29, 1.82) is 0 Å². The monoisotopic (exact) mass is 262 g/mol. The highest BCUT2D eigenvalue weighted by molar-refractivity contribution is 7.91. The Morgan fingerprint density at radius 1 is 1.29 bits per heavy atom. The molecule has 102 valence electrons. The quantitative estimate of drug-likeness (QED) is 0.660. The van der Waals surface area contributed by atoms with Crippen molar-refractivity contribution in [3.05, 3.63) is 0 Å². The predicted molar refractivity (Wildman–Crippen MR) is 72.1 cm³/mol. The van der Waals surface area contributed by atoms with E-state index in [9.17, 15) is 8.42 Å². The van der Waals surface area contributed by atoms with Crippen molar-refractivity contribution in [2.24, 2.45) is 0 Å². The fourth-order valence-corrected chi connectivity index (χ4v) is 3.73. The van der Waals surface area contributed by atoms with Gasteiger partial charge in [0.15, 0.2) is 9.84 Å². The molecule has 0 aliphatic carbocycles. The fourth-order valence-electron chi connectivity index (χ4n) is 2.45. The lowest BCUT2D eigenvalue weighted by molar-refractivity contribution is 0.261. The number of sulfone groups is 1. The lowest BCUT2D eigenvalue weighted by Gasteiger charge is -2.22. The molecule has 5 heteroatoms. The second-order valence-electron chi connectivity index (χ2n) is 4.78. The van der Waals surface area contributed by atoms with Crippen LogP contribution in [0.1, 0.15) is 33.1 Å². The van der Waals surface area contributed by atoms with Gasteiger partial charge in [-0.3, -0.25) is 4.90 Å². The van der Waals surface area contributed by atoms with Gasteiger partial charge < -0.3 is 5.32 Å². The number of rotatable bonds is 8. The van der Waals surface area contributed by atoms with Crippen LogP contribution in [0, 0.1) is 0 Å². The molecule has 1 unspecified atom stereocenters. The molecule has 0 aromatic rings. The smallest absolute Gasteiger partial charge is 0.151 e. The first-order chi connectivity index (χ1) is 8.09. The van der Waals surface area contributed by atoms with Crippen LogP contribution in [0.5, 0.6) is 0 Å². The first-order valence-electron chi connectivity index (χ1n) is 6.74. The summed E-state index contributed by atoms with van der Waals surface area (Å²) in [6, 6.07) is 0.605. The zero-order valence-corrected chi connectivity index (χ0v) is 11.9. The first kappa shape index (κ1) is 14.9. The minimum atomic E-state index is -2.82. The number of likely N-dealkylation sites (tertiary alicyclic amines) is 1. The van der Waals surface area contributed by atoms with Gasteiger partial charge in [0, 0.05) is 24.9 Å². The van der Waals surface area contributed by atoms with Crippen LogP contribution in [0.2, 0.25) is 0 Å². The third kappa shape index (κ3) is 5.36. The van der Waals surface area contributed by atoms with Crippen LogP contribution in [0.4, 0.5) is 0 Å². The topological polar surface area (TPSA) is 49.4 Å². The molecule has 0 spiro atoms. The van der Waals surface area contributed by atoms with E-state index in [2.05, 4.69) is 17.1 Å². The van der Waals surface area contributed by atoms with Gasteiger partial charge in [0.1, 0.15) is 0 Å². The Labute approximate surface area is 106 Å². The molecule has 17 heavy (non-hydrogen) atoms. The molecule has 1 atom stereocenters. The second kappa shape index (κ2) is 7.34. The maximum Gasteiger partial charge on any atom is 0.151 e. The Kier molecular flexibility index (Phi) is 6.44.